The number of sulfone groups is 2. The first-order valence-electron chi connectivity index (χ1n) is 25.0. The fraction of sp³-hybridized carbons (Fsp3) is 0.604. The lowest BCUT2D eigenvalue weighted by molar-refractivity contribution is 0.00377. The van der Waals surface area contributed by atoms with Crippen LogP contribution in [0.2, 0.25) is 0 Å². The summed E-state index contributed by atoms with van der Waals surface area (Å²) in [6, 6.07) is 16.7. The van der Waals surface area contributed by atoms with Crippen LogP contribution in [0.5, 0.6) is 23.0 Å². The number of unbranched alkanes of at least 4 members (excludes halogenated alkanes) is 20. The maximum atomic E-state index is 14.8. The SMILES string of the molecule is CCCCCCCCOc1ccc2cc(S(=O)(=O)C(=[N+]=[N-])S(=O)(=O)c3cc4ccc(OCCCCCCCC)cc4cc3OCCCCCCCC)c(OCCCCCCCC)cc2c1. The highest BCUT2D eigenvalue weighted by atomic mass is 32.3. The summed E-state index contributed by atoms with van der Waals surface area (Å²) in [4.78, 5) is 2.24. The molecule has 4 aromatic carbocycles. The topological polar surface area (TPSA) is 142 Å². The first-order valence-corrected chi connectivity index (χ1v) is 28.0. The normalized spacial score (nSPS) is 11.8. The highest BCUT2D eigenvalue weighted by Crippen LogP contribution is 2.38. The first kappa shape index (κ1) is 53.5. The van der Waals surface area contributed by atoms with Crippen LogP contribution in [-0.2, 0) is 19.7 Å². The summed E-state index contributed by atoms with van der Waals surface area (Å²) in [5.41, 5.74) is 10.5. The monoisotopic (exact) mass is 935 g/mol. The van der Waals surface area contributed by atoms with Gasteiger partial charge < -0.3 is 24.5 Å². The summed E-state index contributed by atoms with van der Waals surface area (Å²) in [5, 5.41) is 2.39. The van der Waals surface area contributed by atoms with Crippen LogP contribution in [0.3, 0.4) is 0 Å². The molecule has 0 saturated heterocycles. The van der Waals surface area contributed by atoms with Crippen LogP contribution >= 0.6 is 0 Å². The van der Waals surface area contributed by atoms with E-state index in [2.05, 4.69) is 32.5 Å². The Kier molecular flexibility index (Phi) is 24.3. The zero-order valence-electron chi connectivity index (χ0n) is 40.0. The van der Waals surface area contributed by atoms with Gasteiger partial charge in [0, 0.05) is 0 Å². The molecular formula is C53H78N2O8S2. The first-order chi connectivity index (χ1) is 31.6. The summed E-state index contributed by atoms with van der Waals surface area (Å²) in [6.07, 6.45) is 25.7. The number of hydrogen-bond acceptors (Lipinski definition) is 8. The molecule has 0 spiro atoms. The van der Waals surface area contributed by atoms with Gasteiger partial charge in [-0.15, -0.1) is 4.79 Å². The van der Waals surface area contributed by atoms with Crippen molar-refractivity contribution in [3.63, 3.8) is 0 Å². The van der Waals surface area contributed by atoms with E-state index in [0.29, 0.717) is 59.1 Å². The van der Waals surface area contributed by atoms with E-state index in [9.17, 15) is 22.4 Å². The molecule has 0 bridgehead atoms. The van der Waals surface area contributed by atoms with E-state index in [1.165, 1.54) is 63.5 Å². The predicted octanol–water partition coefficient (Wildman–Crippen LogP) is 14.8. The Morgan fingerprint density at radius 3 is 1.03 bits per heavy atom. The number of benzene rings is 4. The Hall–Kier alpha value is -4.12. The molecule has 360 valence electrons. The minimum atomic E-state index is -5.03. The van der Waals surface area contributed by atoms with Crippen LogP contribution in [0.15, 0.2) is 70.5 Å². The number of hydrogen-bond donors (Lipinski definition) is 0. The van der Waals surface area contributed by atoms with E-state index in [4.69, 9.17) is 18.9 Å². The molecule has 65 heavy (non-hydrogen) atoms. The van der Waals surface area contributed by atoms with Crippen molar-refractivity contribution in [2.45, 2.75) is 192 Å². The van der Waals surface area contributed by atoms with Crippen LogP contribution in [0, 0.1) is 0 Å². The van der Waals surface area contributed by atoms with Gasteiger partial charge in [0.25, 0.3) is 19.7 Å². The van der Waals surface area contributed by atoms with Crippen molar-refractivity contribution in [3.8, 4) is 23.0 Å². The maximum absolute atomic E-state index is 14.8. The van der Waals surface area contributed by atoms with Crippen LogP contribution in [-0.4, -0.2) is 52.4 Å². The van der Waals surface area contributed by atoms with Crippen molar-refractivity contribution in [1.82, 2.24) is 0 Å². The molecule has 0 aliphatic rings. The van der Waals surface area contributed by atoms with Crippen molar-refractivity contribution in [3.05, 3.63) is 66.2 Å². The van der Waals surface area contributed by atoms with E-state index in [-0.39, 0.29) is 24.7 Å². The third-order valence-electron chi connectivity index (χ3n) is 11.9. The fourth-order valence-electron chi connectivity index (χ4n) is 8.01. The number of fused-ring (bicyclic) bond motifs is 2. The van der Waals surface area contributed by atoms with Gasteiger partial charge in [0.1, 0.15) is 32.8 Å². The molecule has 12 heteroatoms. The zero-order chi connectivity index (χ0) is 46.8. The molecule has 0 atom stereocenters. The van der Waals surface area contributed by atoms with Crippen LogP contribution < -0.4 is 18.9 Å². The quantitative estimate of drug-likeness (QED) is 0.0148. The van der Waals surface area contributed by atoms with Crippen molar-refractivity contribution >= 4 is 45.6 Å². The highest BCUT2D eigenvalue weighted by molar-refractivity contribution is 8.31. The van der Waals surface area contributed by atoms with E-state index >= 15 is 0 Å². The van der Waals surface area contributed by atoms with Crippen molar-refractivity contribution in [2.24, 2.45) is 0 Å². The van der Waals surface area contributed by atoms with Gasteiger partial charge in [-0.3, -0.25) is 0 Å². The van der Waals surface area contributed by atoms with E-state index in [1.807, 2.05) is 12.1 Å². The molecule has 0 amide bonds. The molecule has 0 fully saturated rings. The van der Waals surface area contributed by atoms with Gasteiger partial charge in [-0.2, -0.15) is 0 Å². The van der Waals surface area contributed by atoms with E-state index in [1.54, 1.807) is 36.4 Å². The zero-order valence-corrected chi connectivity index (χ0v) is 41.7. The molecule has 4 aromatic rings. The maximum Gasteiger partial charge on any atom is 0.504 e. The van der Waals surface area contributed by atoms with Gasteiger partial charge in [-0.25, -0.2) is 16.8 Å². The molecule has 0 radical (unpaired) electrons. The minimum absolute atomic E-state index is 0.0259. The average Bonchev–Trinajstić information content (AvgIpc) is 3.29. The van der Waals surface area contributed by atoms with Crippen LogP contribution in [0.4, 0.5) is 0 Å². The largest absolute Gasteiger partial charge is 0.504 e. The van der Waals surface area contributed by atoms with Crippen molar-refractivity contribution in [1.29, 1.82) is 0 Å². The van der Waals surface area contributed by atoms with Gasteiger partial charge >= 0.3 is 4.38 Å². The summed E-state index contributed by atoms with van der Waals surface area (Å²) in [6.45, 7) is 10.3. The molecule has 0 unspecified atom stereocenters. The second-order valence-electron chi connectivity index (χ2n) is 17.5. The van der Waals surface area contributed by atoms with Crippen LogP contribution in [0.25, 0.3) is 27.1 Å². The molecule has 0 aliphatic heterocycles. The standard InChI is InChI=1S/C53H78N2O8S2/c1-5-9-13-17-21-25-33-60-47-31-29-43-41-51(49(39-45(43)37-47)62-35-27-23-19-15-11-7-3)64(56,57)53(55-54)65(58,59)52-42-44-30-32-48(61-34-26-22-18-14-10-6-2)38-46(44)40-50(52)63-36-28-24-20-16-12-8-4/h29-32,37-42H,5-28,33-36H2,1-4H3. The van der Waals surface area contributed by atoms with Gasteiger partial charge in [-0.05, 0) is 95.8 Å². The van der Waals surface area contributed by atoms with Gasteiger partial charge in [-0.1, -0.05) is 168 Å². The van der Waals surface area contributed by atoms with Crippen molar-refractivity contribution < 1.29 is 40.6 Å². The van der Waals surface area contributed by atoms with E-state index < -0.39 is 33.8 Å². The predicted molar refractivity (Wildman–Crippen MR) is 266 cm³/mol. The second kappa shape index (κ2) is 29.5. The fourth-order valence-corrected chi connectivity index (χ4v) is 11.6. The third kappa shape index (κ3) is 17.2. The second-order valence-corrected chi connectivity index (χ2v) is 21.4. The summed E-state index contributed by atoms with van der Waals surface area (Å²) in [5.74, 6) is 1.24. The summed E-state index contributed by atoms with van der Waals surface area (Å²) < 4.78 is 82.2. The molecule has 0 aromatic heterocycles. The third-order valence-corrected chi connectivity index (χ3v) is 16.1. The summed E-state index contributed by atoms with van der Waals surface area (Å²) >= 11 is 0. The minimum Gasteiger partial charge on any atom is -0.494 e. The molecular weight excluding hydrogens is 857 g/mol. The lowest BCUT2D eigenvalue weighted by Gasteiger charge is -2.15. The molecule has 0 heterocycles. The number of ether oxygens (including phenoxy) is 4. The van der Waals surface area contributed by atoms with Gasteiger partial charge in [0.15, 0.2) is 0 Å². The Morgan fingerprint density at radius 2 is 0.708 bits per heavy atom. The molecule has 0 aliphatic carbocycles. The van der Waals surface area contributed by atoms with Crippen LogP contribution in [0.1, 0.15) is 182 Å². The summed E-state index contributed by atoms with van der Waals surface area (Å²) in [7, 11) is -10.1. The molecule has 4 rings (SSSR count). The molecule has 10 nitrogen and oxygen atoms in total. The van der Waals surface area contributed by atoms with Gasteiger partial charge in [0.2, 0.25) is 0 Å². The lowest BCUT2D eigenvalue weighted by Crippen LogP contribution is -2.27. The van der Waals surface area contributed by atoms with E-state index in [0.717, 1.165) is 89.9 Å². The highest BCUT2D eigenvalue weighted by Gasteiger charge is 2.47. The average molecular weight is 935 g/mol. The number of nitrogens with zero attached hydrogens (tertiary/aromatic N) is 2. The van der Waals surface area contributed by atoms with Gasteiger partial charge in [0.05, 0.1) is 26.4 Å². The lowest BCUT2D eigenvalue weighted by atomic mass is 10.1. The van der Waals surface area contributed by atoms with Crippen molar-refractivity contribution in [2.75, 3.05) is 26.4 Å². The Bertz CT molecular complexity index is 2150. The smallest absolute Gasteiger partial charge is 0.494 e. The Labute approximate surface area is 391 Å². The Morgan fingerprint density at radius 1 is 0.400 bits per heavy atom. The Balaban J connectivity index is 1.68. The molecule has 0 N–H and O–H groups in total. The number of rotatable bonds is 34. The molecule has 0 saturated carbocycles.